The summed E-state index contributed by atoms with van der Waals surface area (Å²) in [6.07, 6.45) is 7.95. The number of aryl methyl sites for hydroxylation is 8. The number of fused-ring (bicyclic) bond motifs is 4. The van der Waals surface area contributed by atoms with E-state index in [0.717, 1.165) is 15.6 Å². The summed E-state index contributed by atoms with van der Waals surface area (Å²) >= 11 is 0. The van der Waals surface area contributed by atoms with E-state index in [0.29, 0.717) is 102 Å². The third-order valence-electron chi connectivity index (χ3n) is 13.2. The van der Waals surface area contributed by atoms with Gasteiger partial charge < -0.3 is 38.7 Å². The van der Waals surface area contributed by atoms with Gasteiger partial charge in [-0.15, -0.1) is 0 Å². The van der Waals surface area contributed by atoms with Crippen LogP contribution in [-0.2, 0) is 82.4 Å². The van der Waals surface area contributed by atoms with Crippen LogP contribution in [0, 0.1) is 0 Å². The molecule has 0 aliphatic carbocycles. The highest BCUT2D eigenvalue weighted by Crippen LogP contribution is 2.09. The lowest BCUT2D eigenvalue weighted by molar-refractivity contribution is 0.179. The molecule has 28 nitrogen and oxygen atoms in total. The summed E-state index contributed by atoms with van der Waals surface area (Å²) in [5, 5.41) is 37.2. The van der Waals surface area contributed by atoms with Gasteiger partial charge in [-0.05, 0) is 105 Å². The summed E-state index contributed by atoms with van der Waals surface area (Å²) in [6.45, 7) is 1.40. The second-order valence-electron chi connectivity index (χ2n) is 19.9. The minimum absolute atomic E-state index is 0.00491. The second-order valence-corrected chi connectivity index (χ2v) is 19.9. The van der Waals surface area contributed by atoms with E-state index >= 15 is 0 Å². The van der Waals surface area contributed by atoms with Crippen LogP contribution in [0.25, 0.3) is 44.7 Å². The second kappa shape index (κ2) is 28.0. The van der Waals surface area contributed by atoms with E-state index in [2.05, 4.69) is 19.9 Å². The van der Waals surface area contributed by atoms with Crippen LogP contribution in [0.4, 0.5) is 0 Å². The Bertz CT molecular complexity index is 4250. The fourth-order valence-corrected chi connectivity index (χ4v) is 8.81. The maximum atomic E-state index is 12.5. The van der Waals surface area contributed by atoms with Gasteiger partial charge in [0.1, 0.15) is 0 Å². The van der Waals surface area contributed by atoms with Crippen LogP contribution < -0.4 is 45.0 Å². The van der Waals surface area contributed by atoms with Gasteiger partial charge in [0, 0.05) is 90.6 Å². The maximum Gasteiger partial charge on any atom is 0.332 e. The molecule has 0 unspecified atom stereocenters. The van der Waals surface area contributed by atoms with Crippen LogP contribution in [0.2, 0.25) is 0 Å². The third-order valence-corrected chi connectivity index (χ3v) is 13.2. The first-order chi connectivity index (χ1) is 40.7. The van der Waals surface area contributed by atoms with Gasteiger partial charge in [-0.1, -0.05) is 0 Å². The molecule has 0 aliphatic rings. The molecular weight excluding hydrogens is 1040 g/mol. The first-order valence-corrected chi connectivity index (χ1v) is 26.1. The maximum absolute atomic E-state index is 12.5. The minimum atomic E-state index is -2.76. The number of hydrogen-bond donors (Lipinski definition) is 4. The Hall–Kier alpha value is -7.56. The van der Waals surface area contributed by atoms with Gasteiger partial charge in [0.2, 0.25) is 0 Å². The number of aliphatic hydroxyl groups excluding tert-OH is 2. The molecule has 4 N–H and O–H groups in total. The van der Waals surface area contributed by atoms with Crippen molar-refractivity contribution in [1.29, 1.82) is 0 Å². The van der Waals surface area contributed by atoms with E-state index in [-0.39, 0.29) is 71.3 Å². The van der Waals surface area contributed by atoms with Crippen LogP contribution in [0.15, 0.2) is 63.7 Å². The molecule has 80 heavy (non-hydrogen) atoms. The van der Waals surface area contributed by atoms with Crippen molar-refractivity contribution in [1.82, 2.24) is 74.7 Å². The molecule has 4 atom stereocenters. The van der Waals surface area contributed by atoms with Gasteiger partial charge in [-0.3, -0.25) is 55.7 Å². The zero-order chi connectivity index (χ0) is 66.3. The molecule has 0 amide bonds. The standard InChI is InChI=1S/4C13H20N4O3/c4*1-9(18)6-4-5-7-17-12(19)10-11(14-8-15(10)2)16(3)13(17)20/h4*8-9,18H,4-7H2,1-3H3/t4*9-/m0000/s1/i3D3,9D;9D;3D3;. The van der Waals surface area contributed by atoms with Crippen molar-refractivity contribution in [2.45, 2.75) is 155 Å². The largest absolute Gasteiger partial charge is 0.393 e. The lowest BCUT2D eigenvalue weighted by Gasteiger charge is -2.09. The summed E-state index contributed by atoms with van der Waals surface area (Å²) in [7, 11) is 9.77. The molecule has 0 radical (unpaired) electrons. The van der Waals surface area contributed by atoms with E-state index in [4.69, 9.17) is 11.0 Å². The van der Waals surface area contributed by atoms with Crippen molar-refractivity contribution in [3.63, 3.8) is 0 Å². The number of aliphatic hydroxyl groups is 4. The minimum Gasteiger partial charge on any atom is -0.393 e. The first kappa shape index (κ1) is 51.9. The lowest BCUT2D eigenvalue weighted by atomic mass is 10.2. The van der Waals surface area contributed by atoms with Crippen LogP contribution in [-0.4, -0.2) is 120 Å². The van der Waals surface area contributed by atoms with E-state index in [1.54, 1.807) is 65.3 Å². The Morgan fingerprint density at radius 1 is 0.388 bits per heavy atom. The highest BCUT2D eigenvalue weighted by molar-refractivity contribution is 5.71. The summed E-state index contributed by atoms with van der Waals surface area (Å²) in [6, 6.07) is 0. The van der Waals surface area contributed by atoms with Crippen LogP contribution in [0.1, 0.15) is 116 Å². The Balaban J connectivity index is 0.000000214. The number of hydrogen-bond acceptors (Lipinski definition) is 16. The van der Waals surface area contributed by atoms with Crippen LogP contribution in [0.3, 0.4) is 0 Å². The Morgan fingerprint density at radius 2 is 0.613 bits per heavy atom. The molecule has 0 aromatic carbocycles. The highest BCUT2D eigenvalue weighted by atomic mass is 16.3. The molecule has 8 aromatic heterocycles. The van der Waals surface area contributed by atoms with Gasteiger partial charge in [0.05, 0.1) is 52.4 Å². The summed E-state index contributed by atoms with van der Waals surface area (Å²) in [5.74, 6) is 0. The Kier molecular flexibility index (Phi) is 18.2. The molecule has 440 valence electrons. The van der Waals surface area contributed by atoms with Crippen molar-refractivity contribution >= 4 is 44.7 Å². The molecule has 8 rings (SSSR count). The van der Waals surface area contributed by atoms with Crippen LogP contribution in [0.5, 0.6) is 0 Å². The Morgan fingerprint density at radius 3 is 0.838 bits per heavy atom. The van der Waals surface area contributed by atoms with Gasteiger partial charge in [-0.25, -0.2) is 39.1 Å². The molecule has 8 heterocycles. The summed E-state index contributed by atoms with van der Waals surface area (Å²) < 4.78 is 74.1. The molecule has 0 aliphatic heterocycles. The van der Waals surface area contributed by atoms with E-state index in [1.165, 1.54) is 66.6 Å². The van der Waals surface area contributed by atoms with Gasteiger partial charge in [-0.2, -0.15) is 0 Å². The van der Waals surface area contributed by atoms with Gasteiger partial charge in [0.15, 0.2) is 44.7 Å². The molecule has 8 aromatic rings. The SMILES string of the molecule is C[C@H](O)CCCCn1c(=O)c2c(ncn2C)n(C)c1=O.[2H]C([2H])([2H])n1c(=O)n(CCCC[C@H](C)O)c(=O)c2c1ncn2C.[2H]C([2H])([2H])n1c(=O)n(CCCC[C@]([2H])(C)O)c(=O)c2c1ncn2C.[2H][C@@](C)(O)CCCCn1c(=O)c2c(ncn2C)n(C)c1=O. The number of imidazole rings is 4. The van der Waals surface area contributed by atoms with Crippen molar-refractivity contribution in [2.75, 3.05) is 0 Å². The molecule has 0 saturated heterocycles. The molecular formula is C52H80N16O12. The predicted molar refractivity (Wildman–Crippen MR) is 303 cm³/mol. The third kappa shape index (κ3) is 14.6. The molecule has 0 saturated carbocycles. The smallest absolute Gasteiger partial charge is 0.332 e. The van der Waals surface area contributed by atoms with Crippen molar-refractivity contribution in [3.8, 4) is 0 Å². The molecule has 0 bridgehead atoms. The topological polar surface area (TPSA) is 328 Å². The van der Waals surface area contributed by atoms with E-state index in [9.17, 15) is 58.8 Å². The zero-order valence-electron chi connectivity index (χ0n) is 55.0. The summed E-state index contributed by atoms with van der Waals surface area (Å²) in [5.41, 5.74) is -2.98. The van der Waals surface area contributed by atoms with Crippen molar-refractivity contribution in [2.24, 2.45) is 56.2 Å². The van der Waals surface area contributed by atoms with Crippen molar-refractivity contribution < 1.29 is 31.4 Å². The van der Waals surface area contributed by atoms with Gasteiger partial charge in [0.25, 0.3) is 22.2 Å². The number of unbranched alkanes of at least 4 members (excludes halogenated alkanes) is 4. The fourth-order valence-electron chi connectivity index (χ4n) is 8.81. The predicted octanol–water partition coefficient (Wildman–Crippen LogP) is -0.0608. The van der Waals surface area contributed by atoms with E-state index < -0.39 is 60.4 Å². The average Bonchev–Trinajstić information content (AvgIpc) is 1.95. The number of rotatable bonds is 20. The molecule has 28 heteroatoms. The average molecular weight is 1130 g/mol. The highest BCUT2D eigenvalue weighted by Gasteiger charge is 2.18. The normalized spacial score (nSPS) is 15.6. The van der Waals surface area contributed by atoms with Crippen LogP contribution >= 0.6 is 0 Å². The van der Waals surface area contributed by atoms with Gasteiger partial charge >= 0.3 is 22.8 Å². The monoisotopic (exact) mass is 1130 g/mol. The number of nitrogens with zero attached hydrogens (tertiary/aromatic N) is 16. The first-order valence-electron chi connectivity index (χ1n) is 30.1. The summed E-state index contributed by atoms with van der Waals surface area (Å²) in [4.78, 5) is 115. The lowest BCUT2D eigenvalue weighted by Crippen LogP contribution is -2.39. The fraction of sp³-hybridized carbons (Fsp3) is 0.615. The van der Waals surface area contributed by atoms with Crippen molar-refractivity contribution in [3.05, 3.63) is 109 Å². The number of aromatic nitrogens is 16. The Labute approximate surface area is 470 Å². The zero-order valence-corrected chi connectivity index (χ0v) is 47.0. The van der Waals surface area contributed by atoms with E-state index in [1.807, 2.05) is 0 Å². The molecule has 0 spiro atoms. The molecule has 0 fully saturated rings. The quantitative estimate of drug-likeness (QED) is 0.0727.